The van der Waals surface area contributed by atoms with E-state index in [1.807, 2.05) is 12.3 Å². The first-order valence-corrected chi connectivity index (χ1v) is 6.87. The highest BCUT2D eigenvalue weighted by Crippen LogP contribution is 2.17. The monoisotopic (exact) mass is 312 g/mol. The predicted molar refractivity (Wildman–Crippen MR) is 74.7 cm³/mol. The highest BCUT2D eigenvalue weighted by Gasteiger charge is 2.06. The molecule has 18 heavy (non-hydrogen) atoms. The van der Waals surface area contributed by atoms with E-state index in [2.05, 4.69) is 38.3 Å². The first-order chi connectivity index (χ1) is 8.70. The minimum atomic E-state index is 0.264. The molecule has 0 aliphatic rings. The van der Waals surface area contributed by atoms with Gasteiger partial charge in [0.1, 0.15) is 5.82 Å². The Morgan fingerprint density at radius 2 is 2.33 bits per heavy atom. The second kappa shape index (κ2) is 6.15. The molecule has 2 aromatic rings. The summed E-state index contributed by atoms with van der Waals surface area (Å²) in [7, 11) is 0. The summed E-state index contributed by atoms with van der Waals surface area (Å²) in [6.45, 7) is 2.38. The number of aromatic nitrogens is 3. The van der Waals surface area contributed by atoms with Gasteiger partial charge < -0.3 is 10.4 Å². The predicted octanol–water partition coefficient (Wildman–Crippen LogP) is 2.45. The Morgan fingerprint density at radius 3 is 3.11 bits per heavy atom. The van der Waals surface area contributed by atoms with E-state index in [0.717, 1.165) is 35.2 Å². The van der Waals surface area contributed by atoms with Gasteiger partial charge in [0.05, 0.1) is 10.7 Å². The fourth-order valence-electron chi connectivity index (χ4n) is 1.81. The largest absolute Gasteiger partial charge is 0.396 e. The van der Waals surface area contributed by atoms with E-state index in [-0.39, 0.29) is 6.61 Å². The number of aliphatic hydroxyl groups is 1. The number of nitrogens with one attached hydrogen (secondary N) is 1. The second-order valence-corrected chi connectivity index (χ2v) is 5.19. The molecule has 2 N–H and O–H groups in total. The molecule has 1 atom stereocenters. The van der Waals surface area contributed by atoms with Crippen molar-refractivity contribution in [3.8, 4) is 0 Å². The van der Waals surface area contributed by atoms with E-state index in [1.165, 1.54) is 0 Å². The lowest BCUT2D eigenvalue weighted by molar-refractivity contribution is 0.282. The number of anilines is 1. The average molecular weight is 313 g/mol. The molecule has 0 aliphatic carbocycles. The van der Waals surface area contributed by atoms with E-state index >= 15 is 0 Å². The summed E-state index contributed by atoms with van der Waals surface area (Å²) in [6.07, 6.45) is 6.51. The molecule has 1 unspecified atom stereocenters. The third kappa shape index (κ3) is 3.20. The number of nitrogens with zero attached hydrogens (tertiary/aromatic N) is 3. The topological polar surface area (TPSA) is 62.5 Å². The summed E-state index contributed by atoms with van der Waals surface area (Å²) in [4.78, 5) is 4.50. The fourth-order valence-corrected chi connectivity index (χ4v) is 2.17. The van der Waals surface area contributed by atoms with Gasteiger partial charge >= 0.3 is 0 Å². The van der Waals surface area contributed by atoms with Gasteiger partial charge in [-0.15, -0.1) is 0 Å². The molecule has 0 fully saturated rings. The molecule has 0 spiro atoms. The number of unbranched alkanes of at least 4 members (excludes halogenated alkanes) is 1. The van der Waals surface area contributed by atoms with Gasteiger partial charge in [0.15, 0.2) is 5.65 Å². The molecular formula is C12H17BrN4O. The number of fused-ring (bicyclic) bond motifs is 1. The first-order valence-electron chi connectivity index (χ1n) is 6.08. The van der Waals surface area contributed by atoms with Crippen molar-refractivity contribution in [1.82, 2.24) is 14.6 Å². The van der Waals surface area contributed by atoms with Crippen molar-refractivity contribution >= 4 is 27.4 Å². The van der Waals surface area contributed by atoms with Crippen molar-refractivity contribution < 1.29 is 5.11 Å². The van der Waals surface area contributed by atoms with Crippen LogP contribution in [0, 0.1) is 0 Å². The van der Waals surface area contributed by atoms with Gasteiger partial charge in [-0.25, -0.2) is 9.50 Å². The smallest absolute Gasteiger partial charge is 0.171 e. The molecule has 0 saturated carbocycles. The minimum absolute atomic E-state index is 0.264. The van der Waals surface area contributed by atoms with E-state index in [0.29, 0.717) is 6.04 Å². The number of hydrogen-bond donors (Lipinski definition) is 2. The third-order valence-electron chi connectivity index (χ3n) is 2.77. The van der Waals surface area contributed by atoms with Crippen LogP contribution >= 0.6 is 15.9 Å². The van der Waals surface area contributed by atoms with Crippen LogP contribution in [-0.2, 0) is 0 Å². The quantitative estimate of drug-likeness (QED) is 0.804. The Labute approximate surface area is 114 Å². The van der Waals surface area contributed by atoms with Gasteiger partial charge in [-0.2, -0.15) is 5.10 Å². The van der Waals surface area contributed by atoms with Crippen LogP contribution in [0.5, 0.6) is 0 Å². The Bertz CT molecular complexity index is 514. The van der Waals surface area contributed by atoms with Crippen molar-refractivity contribution in [3.05, 3.63) is 22.9 Å². The maximum Gasteiger partial charge on any atom is 0.171 e. The first kappa shape index (κ1) is 13.3. The molecule has 2 rings (SSSR count). The molecule has 5 nitrogen and oxygen atoms in total. The Kier molecular flexibility index (Phi) is 4.54. The highest BCUT2D eigenvalue weighted by atomic mass is 79.9. The number of hydrogen-bond acceptors (Lipinski definition) is 4. The van der Waals surface area contributed by atoms with Crippen molar-refractivity contribution in [1.29, 1.82) is 0 Å². The van der Waals surface area contributed by atoms with Crippen LogP contribution in [0.3, 0.4) is 0 Å². The van der Waals surface area contributed by atoms with Crippen LogP contribution in [-0.4, -0.2) is 32.4 Å². The molecule has 0 saturated heterocycles. The van der Waals surface area contributed by atoms with Crippen molar-refractivity contribution in [2.24, 2.45) is 0 Å². The van der Waals surface area contributed by atoms with E-state index < -0.39 is 0 Å². The van der Waals surface area contributed by atoms with Gasteiger partial charge in [0.25, 0.3) is 0 Å². The zero-order valence-corrected chi connectivity index (χ0v) is 11.9. The van der Waals surface area contributed by atoms with Gasteiger partial charge in [0.2, 0.25) is 0 Å². The summed E-state index contributed by atoms with van der Waals surface area (Å²) in [5.74, 6) is 0.847. The molecule has 98 valence electrons. The molecule has 0 aromatic carbocycles. The molecule has 0 radical (unpaired) electrons. The van der Waals surface area contributed by atoms with Crippen molar-refractivity contribution in [3.63, 3.8) is 0 Å². The highest BCUT2D eigenvalue weighted by molar-refractivity contribution is 9.10. The SMILES string of the molecule is CC(CCCCO)Nc1ccn2ncc(Br)c2n1. The van der Waals surface area contributed by atoms with Gasteiger partial charge in [-0.05, 0) is 48.2 Å². The zero-order chi connectivity index (χ0) is 13.0. The second-order valence-electron chi connectivity index (χ2n) is 4.34. The van der Waals surface area contributed by atoms with E-state index in [4.69, 9.17) is 5.11 Å². The third-order valence-corrected chi connectivity index (χ3v) is 3.32. The number of halogens is 1. The lowest BCUT2D eigenvalue weighted by Gasteiger charge is -2.14. The van der Waals surface area contributed by atoms with E-state index in [9.17, 15) is 0 Å². The minimum Gasteiger partial charge on any atom is -0.396 e. The maximum atomic E-state index is 8.75. The Morgan fingerprint density at radius 1 is 1.50 bits per heavy atom. The summed E-state index contributed by atoms with van der Waals surface area (Å²) >= 11 is 3.42. The summed E-state index contributed by atoms with van der Waals surface area (Å²) in [5, 5.41) is 16.3. The van der Waals surface area contributed by atoms with Crippen LogP contribution < -0.4 is 5.32 Å². The summed E-state index contributed by atoms with van der Waals surface area (Å²) in [6, 6.07) is 2.25. The van der Waals surface area contributed by atoms with Crippen LogP contribution in [0.4, 0.5) is 5.82 Å². The number of rotatable bonds is 6. The molecule has 2 aromatic heterocycles. The fraction of sp³-hybridized carbons (Fsp3) is 0.500. The van der Waals surface area contributed by atoms with Crippen molar-refractivity contribution in [2.45, 2.75) is 32.2 Å². The van der Waals surface area contributed by atoms with Crippen LogP contribution in [0.15, 0.2) is 22.9 Å². The van der Waals surface area contributed by atoms with E-state index in [1.54, 1.807) is 10.7 Å². The molecule has 0 amide bonds. The molecular weight excluding hydrogens is 296 g/mol. The summed E-state index contributed by atoms with van der Waals surface area (Å²) < 4.78 is 2.62. The Hall–Kier alpha value is -1.14. The van der Waals surface area contributed by atoms with Crippen LogP contribution in [0.25, 0.3) is 5.65 Å². The van der Waals surface area contributed by atoms with Gasteiger partial charge in [0, 0.05) is 18.8 Å². The lowest BCUT2D eigenvalue weighted by Crippen LogP contribution is -2.16. The Balaban J connectivity index is 2.00. The standard InChI is InChI=1S/C12H17BrN4O/c1-9(4-2-3-7-18)15-11-5-6-17-12(16-11)10(13)8-14-17/h5-6,8-9,18H,2-4,7H2,1H3,(H,15,16). The maximum absolute atomic E-state index is 8.75. The summed E-state index contributed by atoms with van der Waals surface area (Å²) in [5.41, 5.74) is 0.808. The zero-order valence-electron chi connectivity index (χ0n) is 10.3. The molecule has 0 bridgehead atoms. The average Bonchev–Trinajstić information content (AvgIpc) is 2.71. The normalized spacial score (nSPS) is 12.8. The lowest BCUT2D eigenvalue weighted by atomic mass is 10.1. The van der Waals surface area contributed by atoms with Gasteiger partial charge in [-0.1, -0.05) is 0 Å². The molecule has 0 aliphatic heterocycles. The number of aliphatic hydroxyl groups excluding tert-OH is 1. The van der Waals surface area contributed by atoms with Crippen LogP contribution in [0.2, 0.25) is 0 Å². The van der Waals surface area contributed by atoms with Gasteiger partial charge in [-0.3, -0.25) is 0 Å². The van der Waals surface area contributed by atoms with Crippen LogP contribution in [0.1, 0.15) is 26.2 Å². The molecule has 2 heterocycles. The van der Waals surface area contributed by atoms with Crippen molar-refractivity contribution in [2.75, 3.05) is 11.9 Å². The molecule has 6 heteroatoms.